The van der Waals surface area contributed by atoms with Crippen molar-refractivity contribution < 1.29 is 4.52 Å². The molecule has 0 saturated heterocycles. The number of hydrogen-bond donors (Lipinski definition) is 1. The first-order valence-corrected chi connectivity index (χ1v) is 6.73. The summed E-state index contributed by atoms with van der Waals surface area (Å²) in [4.78, 5) is 8.84. The lowest BCUT2D eigenvalue weighted by atomic mass is 9.85. The van der Waals surface area contributed by atoms with Crippen LogP contribution >= 0.6 is 11.3 Å². The van der Waals surface area contributed by atoms with Crippen LogP contribution in [0, 0.1) is 0 Å². The van der Waals surface area contributed by atoms with E-state index in [1.165, 1.54) is 19.3 Å². The smallest absolute Gasteiger partial charge is 0.277 e. The molecule has 5 nitrogen and oxygen atoms in total. The van der Waals surface area contributed by atoms with Gasteiger partial charge in [0.1, 0.15) is 5.69 Å². The van der Waals surface area contributed by atoms with Gasteiger partial charge in [0.25, 0.3) is 5.89 Å². The third kappa shape index (κ3) is 2.10. The van der Waals surface area contributed by atoms with Crippen molar-refractivity contribution in [2.24, 2.45) is 5.73 Å². The van der Waals surface area contributed by atoms with E-state index in [0.29, 0.717) is 18.4 Å². The Morgan fingerprint density at radius 1 is 1.41 bits per heavy atom. The third-order valence-electron chi connectivity index (χ3n) is 3.04. The summed E-state index contributed by atoms with van der Waals surface area (Å²) in [6.07, 6.45) is 4.42. The SMILES string of the molecule is NCCc1nc(-c2nc(C3CCC3)no2)cs1. The number of aromatic nitrogens is 3. The van der Waals surface area contributed by atoms with Gasteiger partial charge in [0.15, 0.2) is 5.82 Å². The molecule has 2 heterocycles. The number of hydrogen-bond acceptors (Lipinski definition) is 6. The Hall–Kier alpha value is -1.27. The summed E-state index contributed by atoms with van der Waals surface area (Å²) >= 11 is 1.59. The van der Waals surface area contributed by atoms with E-state index in [9.17, 15) is 0 Å². The van der Waals surface area contributed by atoms with Gasteiger partial charge in [-0.3, -0.25) is 0 Å². The molecule has 0 aromatic carbocycles. The highest BCUT2D eigenvalue weighted by Crippen LogP contribution is 2.35. The monoisotopic (exact) mass is 250 g/mol. The van der Waals surface area contributed by atoms with Crippen LogP contribution in [-0.2, 0) is 6.42 Å². The Balaban J connectivity index is 1.79. The Labute approximate surface area is 103 Å². The molecule has 1 aliphatic carbocycles. The Morgan fingerprint density at radius 2 is 2.29 bits per heavy atom. The first kappa shape index (κ1) is 10.9. The molecule has 1 aliphatic rings. The molecule has 0 bridgehead atoms. The number of rotatable bonds is 4. The van der Waals surface area contributed by atoms with Crippen LogP contribution in [-0.4, -0.2) is 21.7 Å². The largest absolute Gasteiger partial charge is 0.332 e. The van der Waals surface area contributed by atoms with Gasteiger partial charge >= 0.3 is 0 Å². The normalized spacial score (nSPS) is 16.1. The highest BCUT2D eigenvalue weighted by Gasteiger charge is 2.25. The number of nitrogens with zero attached hydrogens (tertiary/aromatic N) is 3. The van der Waals surface area contributed by atoms with Crippen molar-refractivity contribution >= 4 is 11.3 Å². The summed E-state index contributed by atoms with van der Waals surface area (Å²) in [5, 5.41) is 6.99. The maximum Gasteiger partial charge on any atom is 0.277 e. The summed E-state index contributed by atoms with van der Waals surface area (Å²) in [6.45, 7) is 0.615. The van der Waals surface area contributed by atoms with Gasteiger partial charge in [-0.05, 0) is 19.4 Å². The standard InChI is InChI=1S/C11H14N4OS/c12-5-4-9-13-8(6-17-9)11-14-10(15-16-11)7-2-1-3-7/h6-7H,1-5,12H2. The van der Waals surface area contributed by atoms with Crippen LogP contribution < -0.4 is 5.73 Å². The van der Waals surface area contributed by atoms with E-state index in [1.807, 2.05) is 5.38 Å². The van der Waals surface area contributed by atoms with Crippen molar-refractivity contribution in [2.45, 2.75) is 31.6 Å². The van der Waals surface area contributed by atoms with Crippen LogP contribution in [0.25, 0.3) is 11.6 Å². The zero-order chi connectivity index (χ0) is 11.7. The Morgan fingerprint density at radius 3 is 3.00 bits per heavy atom. The van der Waals surface area contributed by atoms with Crippen molar-refractivity contribution in [1.29, 1.82) is 0 Å². The molecule has 0 amide bonds. The van der Waals surface area contributed by atoms with Crippen LogP contribution in [0.3, 0.4) is 0 Å². The second-order valence-electron chi connectivity index (χ2n) is 4.25. The van der Waals surface area contributed by atoms with E-state index in [-0.39, 0.29) is 0 Å². The molecule has 90 valence electrons. The predicted octanol–water partition coefficient (Wildman–Crippen LogP) is 1.96. The van der Waals surface area contributed by atoms with Crippen molar-refractivity contribution in [3.8, 4) is 11.6 Å². The van der Waals surface area contributed by atoms with Crippen LogP contribution in [0.1, 0.15) is 36.0 Å². The van der Waals surface area contributed by atoms with E-state index >= 15 is 0 Å². The quantitative estimate of drug-likeness (QED) is 0.897. The highest BCUT2D eigenvalue weighted by atomic mass is 32.1. The topological polar surface area (TPSA) is 77.8 Å². The molecule has 0 aliphatic heterocycles. The molecule has 17 heavy (non-hydrogen) atoms. The molecule has 1 saturated carbocycles. The first-order valence-electron chi connectivity index (χ1n) is 5.85. The summed E-state index contributed by atoms with van der Waals surface area (Å²) in [5.74, 6) is 1.86. The predicted molar refractivity (Wildman–Crippen MR) is 64.8 cm³/mol. The van der Waals surface area contributed by atoms with Gasteiger partial charge in [-0.15, -0.1) is 11.3 Å². The molecule has 2 N–H and O–H groups in total. The fraction of sp³-hybridized carbons (Fsp3) is 0.545. The highest BCUT2D eigenvalue weighted by molar-refractivity contribution is 7.09. The molecule has 6 heteroatoms. The van der Waals surface area contributed by atoms with E-state index in [0.717, 1.165) is 22.9 Å². The molecule has 0 unspecified atom stereocenters. The summed E-state index contributed by atoms with van der Waals surface area (Å²) < 4.78 is 5.25. The molecular formula is C11H14N4OS. The third-order valence-corrected chi connectivity index (χ3v) is 3.95. The minimum Gasteiger partial charge on any atom is -0.332 e. The van der Waals surface area contributed by atoms with Crippen molar-refractivity contribution in [3.05, 3.63) is 16.2 Å². The lowest BCUT2D eigenvalue weighted by Crippen LogP contribution is -2.10. The molecule has 0 spiro atoms. The average Bonchev–Trinajstić information content (AvgIpc) is 2.84. The average molecular weight is 250 g/mol. The van der Waals surface area contributed by atoms with Crippen molar-refractivity contribution in [2.75, 3.05) is 6.54 Å². The van der Waals surface area contributed by atoms with Gasteiger partial charge in [0.2, 0.25) is 0 Å². The molecule has 2 aromatic heterocycles. The molecular weight excluding hydrogens is 236 g/mol. The zero-order valence-electron chi connectivity index (χ0n) is 9.43. The maximum atomic E-state index is 5.49. The number of thiazole rings is 1. The van der Waals surface area contributed by atoms with Gasteiger partial charge in [-0.25, -0.2) is 4.98 Å². The fourth-order valence-electron chi connectivity index (χ4n) is 1.82. The van der Waals surface area contributed by atoms with E-state index in [2.05, 4.69) is 15.1 Å². The lowest BCUT2D eigenvalue weighted by Gasteiger charge is -2.20. The minimum absolute atomic E-state index is 0.495. The van der Waals surface area contributed by atoms with Gasteiger partial charge in [-0.1, -0.05) is 11.6 Å². The zero-order valence-corrected chi connectivity index (χ0v) is 10.2. The lowest BCUT2D eigenvalue weighted by molar-refractivity contribution is 0.366. The second kappa shape index (κ2) is 4.54. The first-order chi connectivity index (χ1) is 8.36. The van der Waals surface area contributed by atoms with Crippen molar-refractivity contribution in [3.63, 3.8) is 0 Å². The Bertz CT molecular complexity index is 503. The van der Waals surface area contributed by atoms with Crippen LogP contribution in [0.5, 0.6) is 0 Å². The second-order valence-corrected chi connectivity index (χ2v) is 5.19. The van der Waals surface area contributed by atoms with Gasteiger partial charge in [0, 0.05) is 17.7 Å². The fourth-order valence-corrected chi connectivity index (χ4v) is 2.61. The van der Waals surface area contributed by atoms with E-state index < -0.39 is 0 Å². The van der Waals surface area contributed by atoms with Crippen molar-refractivity contribution in [1.82, 2.24) is 15.1 Å². The van der Waals surface area contributed by atoms with Crippen LogP contribution in [0.15, 0.2) is 9.90 Å². The molecule has 2 aromatic rings. The molecule has 1 fully saturated rings. The molecule has 0 atom stereocenters. The summed E-state index contributed by atoms with van der Waals surface area (Å²) in [7, 11) is 0. The minimum atomic E-state index is 0.495. The summed E-state index contributed by atoms with van der Waals surface area (Å²) in [6, 6.07) is 0. The number of nitrogens with two attached hydrogens (primary N) is 1. The van der Waals surface area contributed by atoms with Crippen LogP contribution in [0.4, 0.5) is 0 Å². The van der Waals surface area contributed by atoms with Crippen LogP contribution in [0.2, 0.25) is 0 Å². The van der Waals surface area contributed by atoms with Gasteiger partial charge in [0.05, 0.1) is 5.01 Å². The summed E-state index contributed by atoms with van der Waals surface area (Å²) in [5.41, 5.74) is 6.27. The maximum absolute atomic E-state index is 5.49. The van der Waals surface area contributed by atoms with Gasteiger partial charge in [-0.2, -0.15) is 4.98 Å². The molecule has 0 radical (unpaired) electrons. The molecule has 3 rings (SSSR count). The van der Waals surface area contributed by atoms with Gasteiger partial charge < -0.3 is 10.3 Å². The Kier molecular flexibility index (Phi) is 2.90. The van der Waals surface area contributed by atoms with E-state index in [1.54, 1.807) is 11.3 Å². The van der Waals surface area contributed by atoms with E-state index in [4.69, 9.17) is 10.3 Å².